The molecule has 0 aromatic heterocycles. The third kappa shape index (κ3) is 2.44. The molecule has 0 saturated heterocycles. The van der Waals surface area contributed by atoms with Gasteiger partial charge in [-0.3, -0.25) is 4.99 Å². The molecular weight excluding hydrogens is 222 g/mol. The zero-order valence-corrected chi connectivity index (χ0v) is 9.87. The van der Waals surface area contributed by atoms with Crippen molar-refractivity contribution in [1.29, 1.82) is 0 Å². The second-order valence-corrected chi connectivity index (χ2v) is 4.57. The average Bonchev–Trinajstić information content (AvgIpc) is 2.80. The Hall–Kier alpha value is -1.29. The number of aliphatic imine (C=N–C) groups is 1. The Balaban J connectivity index is 1.99. The van der Waals surface area contributed by atoms with Crippen molar-refractivity contribution in [2.75, 3.05) is 13.2 Å². The number of benzene rings is 1. The number of nitrogens with zero attached hydrogens (tertiary/aromatic N) is 1. The van der Waals surface area contributed by atoms with Gasteiger partial charge in [-0.25, -0.2) is 4.79 Å². The van der Waals surface area contributed by atoms with Crippen molar-refractivity contribution in [3.05, 3.63) is 35.9 Å². The van der Waals surface area contributed by atoms with Gasteiger partial charge in [-0.2, -0.15) is 0 Å². The normalized spacial score (nSPS) is 19.3. The minimum atomic E-state index is -0.300. The van der Waals surface area contributed by atoms with Crippen LogP contribution in [0.5, 0.6) is 0 Å². The highest BCUT2D eigenvalue weighted by Gasteiger charge is 2.26. The summed E-state index contributed by atoms with van der Waals surface area (Å²) in [5.41, 5.74) is 1.20. The van der Waals surface area contributed by atoms with Gasteiger partial charge in [-0.1, -0.05) is 42.1 Å². The lowest BCUT2D eigenvalue weighted by Gasteiger charge is -2.07. The number of rotatable bonds is 3. The summed E-state index contributed by atoms with van der Waals surface area (Å²) in [7, 11) is 0. The predicted octanol–water partition coefficient (Wildman–Crippen LogP) is 2.44. The molecule has 4 heteroatoms. The fraction of sp³-hybridized carbons (Fsp3) is 0.333. The van der Waals surface area contributed by atoms with E-state index in [2.05, 4.69) is 17.1 Å². The number of hydrogen-bond donors (Lipinski definition) is 0. The first-order valence-electron chi connectivity index (χ1n) is 5.24. The summed E-state index contributed by atoms with van der Waals surface area (Å²) in [6, 6.07) is 10.1. The van der Waals surface area contributed by atoms with E-state index in [1.165, 1.54) is 17.3 Å². The lowest BCUT2D eigenvalue weighted by molar-refractivity contribution is -0.134. The molecule has 1 aromatic carbocycles. The van der Waals surface area contributed by atoms with Crippen molar-refractivity contribution in [2.24, 2.45) is 4.99 Å². The maximum atomic E-state index is 11.4. The molecule has 1 heterocycles. The number of ether oxygens (including phenoxy) is 1. The Bertz CT molecular complexity index is 403. The Morgan fingerprint density at radius 1 is 1.50 bits per heavy atom. The summed E-state index contributed by atoms with van der Waals surface area (Å²) >= 11 is 1.49. The van der Waals surface area contributed by atoms with Crippen LogP contribution in [0.25, 0.3) is 0 Å². The van der Waals surface area contributed by atoms with E-state index in [1.807, 2.05) is 18.2 Å². The van der Waals surface area contributed by atoms with Crippen LogP contribution in [0.2, 0.25) is 0 Å². The van der Waals surface area contributed by atoms with Crippen molar-refractivity contribution in [3.8, 4) is 0 Å². The molecule has 0 bridgehead atoms. The molecule has 0 radical (unpaired) electrons. The largest absolute Gasteiger partial charge is 0.461 e. The van der Waals surface area contributed by atoms with Crippen molar-refractivity contribution >= 4 is 22.8 Å². The predicted molar refractivity (Wildman–Crippen MR) is 65.7 cm³/mol. The number of carbonyl (C=O) groups excluding carboxylic acids is 1. The Morgan fingerprint density at radius 2 is 2.25 bits per heavy atom. The number of carbonyl (C=O) groups is 1. The van der Waals surface area contributed by atoms with Crippen LogP contribution in [0.1, 0.15) is 17.7 Å². The van der Waals surface area contributed by atoms with Gasteiger partial charge in [0.05, 0.1) is 18.4 Å². The standard InChI is InChI=1S/C12H13NO2S/c1-2-15-12(14)11-13-8-10(16-11)9-6-4-3-5-7-9/h3-7,10H,2,8H2,1H3/t10-/m0/s1. The van der Waals surface area contributed by atoms with E-state index in [0.29, 0.717) is 18.2 Å². The molecule has 84 valence electrons. The highest BCUT2D eigenvalue weighted by atomic mass is 32.2. The van der Waals surface area contributed by atoms with Crippen LogP contribution in [0.4, 0.5) is 0 Å². The molecule has 1 aliphatic rings. The molecule has 0 amide bonds. The quantitative estimate of drug-likeness (QED) is 0.755. The zero-order chi connectivity index (χ0) is 11.4. The zero-order valence-electron chi connectivity index (χ0n) is 9.05. The van der Waals surface area contributed by atoms with Crippen LogP contribution in [0.15, 0.2) is 35.3 Å². The number of esters is 1. The van der Waals surface area contributed by atoms with Crippen LogP contribution < -0.4 is 0 Å². The van der Waals surface area contributed by atoms with E-state index in [9.17, 15) is 4.79 Å². The molecule has 0 N–H and O–H groups in total. The molecule has 2 rings (SSSR count). The summed E-state index contributed by atoms with van der Waals surface area (Å²) < 4.78 is 4.92. The maximum Gasteiger partial charge on any atom is 0.363 e. The van der Waals surface area contributed by atoms with Gasteiger partial charge in [0.25, 0.3) is 0 Å². The number of thioether (sulfide) groups is 1. The Morgan fingerprint density at radius 3 is 2.94 bits per heavy atom. The van der Waals surface area contributed by atoms with Crippen LogP contribution in [-0.2, 0) is 9.53 Å². The fourth-order valence-corrected chi connectivity index (χ4v) is 2.54. The first kappa shape index (κ1) is 11.2. The van der Waals surface area contributed by atoms with Crippen molar-refractivity contribution in [1.82, 2.24) is 0 Å². The van der Waals surface area contributed by atoms with Gasteiger partial charge in [-0.05, 0) is 12.5 Å². The summed E-state index contributed by atoms with van der Waals surface area (Å²) in [6.07, 6.45) is 0. The van der Waals surface area contributed by atoms with Gasteiger partial charge in [-0.15, -0.1) is 0 Å². The van der Waals surface area contributed by atoms with Crippen molar-refractivity contribution in [2.45, 2.75) is 12.2 Å². The lowest BCUT2D eigenvalue weighted by atomic mass is 10.1. The van der Waals surface area contributed by atoms with Crippen LogP contribution >= 0.6 is 11.8 Å². The van der Waals surface area contributed by atoms with Gasteiger partial charge in [0.15, 0.2) is 5.04 Å². The average molecular weight is 235 g/mol. The fourth-order valence-electron chi connectivity index (χ4n) is 1.52. The summed E-state index contributed by atoms with van der Waals surface area (Å²) in [6.45, 7) is 2.85. The first-order valence-corrected chi connectivity index (χ1v) is 6.12. The van der Waals surface area contributed by atoms with Gasteiger partial charge in [0.2, 0.25) is 0 Å². The van der Waals surface area contributed by atoms with E-state index in [4.69, 9.17) is 4.74 Å². The smallest absolute Gasteiger partial charge is 0.363 e. The summed E-state index contributed by atoms with van der Waals surface area (Å²) in [4.78, 5) is 15.7. The van der Waals surface area contributed by atoms with Crippen LogP contribution in [0.3, 0.4) is 0 Å². The van der Waals surface area contributed by atoms with Crippen LogP contribution in [0, 0.1) is 0 Å². The first-order chi connectivity index (χ1) is 7.81. The van der Waals surface area contributed by atoms with Gasteiger partial charge in [0.1, 0.15) is 0 Å². The molecule has 0 saturated carbocycles. The molecule has 3 nitrogen and oxygen atoms in total. The van der Waals surface area contributed by atoms with Crippen LogP contribution in [-0.4, -0.2) is 24.2 Å². The number of hydrogen-bond acceptors (Lipinski definition) is 4. The third-order valence-electron chi connectivity index (χ3n) is 2.28. The maximum absolute atomic E-state index is 11.4. The molecule has 1 atom stereocenters. The SMILES string of the molecule is CCOC(=O)C1=NC[C@@H](c2ccccc2)S1. The second-order valence-electron chi connectivity index (χ2n) is 3.38. The summed E-state index contributed by atoms with van der Waals surface area (Å²) in [5, 5.41) is 0.747. The van der Waals surface area contributed by atoms with E-state index in [-0.39, 0.29) is 11.2 Å². The van der Waals surface area contributed by atoms with Gasteiger partial charge >= 0.3 is 5.97 Å². The Kier molecular flexibility index (Phi) is 3.62. The second kappa shape index (κ2) is 5.16. The van der Waals surface area contributed by atoms with Gasteiger partial charge in [0, 0.05) is 0 Å². The van der Waals surface area contributed by atoms with E-state index in [1.54, 1.807) is 6.92 Å². The molecular formula is C12H13NO2S. The highest BCUT2D eigenvalue weighted by molar-refractivity contribution is 8.16. The monoisotopic (exact) mass is 235 g/mol. The lowest BCUT2D eigenvalue weighted by Crippen LogP contribution is -2.12. The summed E-state index contributed by atoms with van der Waals surface area (Å²) in [5.74, 6) is -0.300. The molecule has 16 heavy (non-hydrogen) atoms. The molecule has 0 aliphatic carbocycles. The highest BCUT2D eigenvalue weighted by Crippen LogP contribution is 2.35. The van der Waals surface area contributed by atoms with E-state index < -0.39 is 0 Å². The topological polar surface area (TPSA) is 38.7 Å². The molecule has 1 aliphatic heterocycles. The molecule has 0 fully saturated rings. The van der Waals surface area contributed by atoms with E-state index in [0.717, 1.165) is 0 Å². The minimum absolute atomic E-state index is 0.251. The van der Waals surface area contributed by atoms with Crippen molar-refractivity contribution in [3.63, 3.8) is 0 Å². The molecule has 0 spiro atoms. The molecule has 0 unspecified atom stereocenters. The molecule has 1 aromatic rings. The van der Waals surface area contributed by atoms with Gasteiger partial charge < -0.3 is 4.74 Å². The minimum Gasteiger partial charge on any atom is -0.461 e. The third-order valence-corrected chi connectivity index (χ3v) is 3.50. The Labute approximate surface area is 98.9 Å². The van der Waals surface area contributed by atoms with E-state index >= 15 is 0 Å². The van der Waals surface area contributed by atoms with Crippen molar-refractivity contribution < 1.29 is 9.53 Å².